The summed E-state index contributed by atoms with van der Waals surface area (Å²) < 4.78 is 19.2. The van der Waals surface area contributed by atoms with Gasteiger partial charge in [-0.2, -0.15) is 0 Å². The van der Waals surface area contributed by atoms with E-state index in [1.54, 1.807) is 24.9 Å². The zero-order valence-electron chi connectivity index (χ0n) is 11.3. The second kappa shape index (κ2) is 5.91. The van der Waals surface area contributed by atoms with Crippen LogP contribution >= 0.6 is 0 Å². The van der Waals surface area contributed by atoms with Crippen LogP contribution in [0.5, 0.6) is 5.75 Å². The zero-order chi connectivity index (χ0) is 13.8. The molecule has 0 unspecified atom stereocenters. The Morgan fingerprint density at radius 2 is 2.26 bits per heavy atom. The van der Waals surface area contributed by atoms with Gasteiger partial charge in [-0.25, -0.2) is 4.39 Å². The van der Waals surface area contributed by atoms with Crippen LogP contribution in [0, 0.1) is 5.82 Å². The Morgan fingerprint density at radius 3 is 2.95 bits per heavy atom. The highest BCUT2D eigenvalue weighted by molar-refractivity contribution is 5.73. The van der Waals surface area contributed by atoms with Gasteiger partial charge in [0.2, 0.25) is 5.91 Å². The molecule has 0 spiro atoms. The first-order chi connectivity index (χ1) is 9.08. The maximum atomic E-state index is 13.4. The van der Waals surface area contributed by atoms with Gasteiger partial charge in [-0.15, -0.1) is 0 Å². The summed E-state index contributed by atoms with van der Waals surface area (Å²) in [5, 5.41) is 2.89. The fourth-order valence-electron chi connectivity index (χ4n) is 2.29. The molecule has 0 aromatic heterocycles. The molecule has 2 rings (SSSR count). The van der Waals surface area contributed by atoms with E-state index in [0.29, 0.717) is 18.0 Å². The molecule has 19 heavy (non-hydrogen) atoms. The molecule has 104 valence electrons. The molecular formula is C14H19FN2O2. The van der Waals surface area contributed by atoms with Crippen molar-refractivity contribution in [1.82, 2.24) is 4.90 Å². The third-order valence-corrected chi connectivity index (χ3v) is 3.29. The van der Waals surface area contributed by atoms with Crippen molar-refractivity contribution in [2.24, 2.45) is 0 Å². The SMILES string of the molecule is CNc1cc(F)cc(O[C@@H]2CCCN(C(C)=O)C2)c1. The normalized spacial score (nSPS) is 19.1. The number of carbonyl (C=O) groups is 1. The van der Waals surface area contributed by atoms with E-state index in [1.807, 2.05) is 0 Å². The highest BCUT2D eigenvalue weighted by atomic mass is 19.1. The summed E-state index contributed by atoms with van der Waals surface area (Å²) in [6, 6.07) is 4.54. The van der Waals surface area contributed by atoms with Gasteiger partial charge in [0, 0.05) is 38.3 Å². The molecule has 0 bridgehead atoms. The Bertz CT molecular complexity index is 465. The number of halogens is 1. The molecule has 1 saturated heterocycles. The van der Waals surface area contributed by atoms with E-state index < -0.39 is 0 Å². The predicted molar refractivity (Wildman–Crippen MR) is 71.9 cm³/mol. The molecule has 1 amide bonds. The largest absolute Gasteiger partial charge is 0.488 e. The minimum absolute atomic E-state index is 0.0588. The van der Waals surface area contributed by atoms with Gasteiger partial charge < -0.3 is 15.0 Å². The van der Waals surface area contributed by atoms with Crippen molar-refractivity contribution in [3.8, 4) is 5.75 Å². The molecule has 5 heteroatoms. The number of hydrogen-bond donors (Lipinski definition) is 1. The summed E-state index contributed by atoms with van der Waals surface area (Å²) in [4.78, 5) is 13.1. The van der Waals surface area contributed by atoms with Gasteiger partial charge >= 0.3 is 0 Å². The number of ether oxygens (including phenoxy) is 1. The number of benzene rings is 1. The molecule has 4 nitrogen and oxygen atoms in total. The molecule has 0 radical (unpaired) electrons. The highest BCUT2D eigenvalue weighted by Crippen LogP contribution is 2.23. The Labute approximate surface area is 112 Å². The molecule has 1 aromatic rings. The molecule has 1 aromatic carbocycles. The number of likely N-dealkylation sites (tertiary alicyclic amines) is 1. The molecule has 0 aliphatic carbocycles. The van der Waals surface area contributed by atoms with Gasteiger partial charge in [-0.05, 0) is 18.9 Å². The van der Waals surface area contributed by atoms with Crippen molar-refractivity contribution < 1.29 is 13.9 Å². The van der Waals surface area contributed by atoms with E-state index in [1.165, 1.54) is 12.1 Å². The topological polar surface area (TPSA) is 41.6 Å². The summed E-state index contributed by atoms with van der Waals surface area (Å²) in [7, 11) is 1.73. The summed E-state index contributed by atoms with van der Waals surface area (Å²) in [6.07, 6.45) is 1.73. The second-order valence-electron chi connectivity index (χ2n) is 4.77. The van der Waals surface area contributed by atoms with Gasteiger partial charge in [0.25, 0.3) is 0 Å². The van der Waals surface area contributed by atoms with Crippen molar-refractivity contribution in [2.45, 2.75) is 25.9 Å². The summed E-state index contributed by atoms with van der Waals surface area (Å²) in [6.45, 7) is 2.91. The van der Waals surface area contributed by atoms with Crippen LogP contribution in [0.3, 0.4) is 0 Å². The van der Waals surface area contributed by atoms with E-state index in [0.717, 1.165) is 19.4 Å². The minimum atomic E-state index is -0.332. The van der Waals surface area contributed by atoms with Crippen LogP contribution in [0.1, 0.15) is 19.8 Å². The number of anilines is 1. The quantitative estimate of drug-likeness (QED) is 0.912. The lowest BCUT2D eigenvalue weighted by Crippen LogP contribution is -2.43. The average Bonchev–Trinajstić information content (AvgIpc) is 2.38. The van der Waals surface area contributed by atoms with Crippen molar-refractivity contribution in [3.05, 3.63) is 24.0 Å². The lowest BCUT2D eigenvalue weighted by Gasteiger charge is -2.32. The fraction of sp³-hybridized carbons (Fsp3) is 0.500. The number of rotatable bonds is 3. The number of nitrogens with zero attached hydrogens (tertiary/aromatic N) is 1. The van der Waals surface area contributed by atoms with Crippen molar-refractivity contribution in [2.75, 3.05) is 25.5 Å². The highest BCUT2D eigenvalue weighted by Gasteiger charge is 2.23. The molecule has 1 aliphatic rings. The summed E-state index contributed by atoms with van der Waals surface area (Å²) in [5.74, 6) is 0.226. The van der Waals surface area contributed by atoms with E-state index in [2.05, 4.69) is 5.32 Å². The predicted octanol–water partition coefficient (Wildman–Crippen LogP) is 2.26. The van der Waals surface area contributed by atoms with Gasteiger partial charge in [0.15, 0.2) is 0 Å². The fourth-order valence-corrected chi connectivity index (χ4v) is 2.29. The first-order valence-electron chi connectivity index (χ1n) is 6.49. The van der Waals surface area contributed by atoms with Crippen LogP contribution in [-0.2, 0) is 4.79 Å². The molecule has 1 atom stereocenters. The van der Waals surface area contributed by atoms with Gasteiger partial charge in [0.05, 0.1) is 6.54 Å². The van der Waals surface area contributed by atoms with Gasteiger partial charge in [-0.1, -0.05) is 0 Å². The molecule has 0 saturated carbocycles. The Hall–Kier alpha value is -1.78. The standard InChI is InChI=1S/C14H19FN2O2/c1-10(18)17-5-3-4-13(9-17)19-14-7-11(15)6-12(8-14)16-2/h6-8,13,16H,3-5,9H2,1-2H3/t13-/m1/s1. The monoisotopic (exact) mass is 266 g/mol. The Kier molecular flexibility index (Phi) is 4.24. The van der Waals surface area contributed by atoms with Crippen LogP contribution in [-0.4, -0.2) is 37.0 Å². The zero-order valence-corrected chi connectivity index (χ0v) is 11.3. The summed E-state index contributed by atoms with van der Waals surface area (Å²) in [5.41, 5.74) is 0.675. The van der Waals surface area contributed by atoms with Crippen LogP contribution < -0.4 is 10.1 Å². The molecule has 1 aliphatic heterocycles. The minimum Gasteiger partial charge on any atom is -0.488 e. The van der Waals surface area contributed by atoms with E-state index >= 15 is 0 Å². The summed E-state index contributed by atoms with van der Waals surface area (Å²) >= 11 is 0. The third-order valence-electron chi connectivity index (χ3n) is 3.29. The van der Waals surface area contributed by atoms with E-state index in [9.17, 15) is 9.18 Å². The number of amides is 1. The number of hydrogen-bond acceptors (Lipinski definition) is 3. The third kappa shape index (κ3) is 3.59. The number of nitrogens with one attached hydrogen (secondary N) is 1. The van der Waals surface area contributed by atoms with Gasteiger partial charge in [-0.3, -0.25) is 4.79 Å². The van der Waals surface area contributed by atoms with Crippen LogP contribution in [0.15, 0.2) is 18.2 Å². The maximum absolute atomic E-state index is 13.4. The Balaban J connectivity index is 2.04. The molecule has 1 fully saturated rings. The van der Waals surface area contributed by atoms with E-state index in [4.69, 9.17) is 4.74 Å². The van der Waals surface area contributed by atoms with Crippen LogP contribution in [0.2, 0.25) is 0 Å². The van der Waals surface area contributed by atoms with Crippen LogP contribution in [0.4, 0.5) is 10.1 Å². The van der Waals surface area contributed by atoms with Crippen molar-refractivity contribution in [3.63, 3.8) is 0 Å². The number of carbonyl (C=O) groups excluding carboxylic acids is 1. The average molecular weight is 266 g/mol. The molecule has 1 heterocycles. The van der Waals surface area contributed by atoms with Crippen LogP contribution in [0.25, 0.3) is 0 Å². The Morgan fingerprint density at radius 1 is 1.47 bits per heavy atom. The molecule has 1 N–H and O–H groups in total. The van der Waals surface area contributed by atoms with Crippen molar-refractivity contribution >= 4 is 11.6 Å². The lowest BCUT2D eigenvalue weighted by atomic mass is 10.1. The van der Waals surface area contributed by atoms with Gasteiger partial charge in [0.1, 0.15) is 17.7 Å². The lowest BCUT2D eigenvalue weighted by molar-refractivity contribution is -0.131. The molecular weight excluding hydrogens is 247 g/mol. The van der Waals surface area contributed by atoms with Crippen molar-refractivity contribution in [1.29, 1.82) is 0 Å². The number of piperidine rings is 1. The van der Waals surface area contributed by atoms with E-state index in [-0.39, 0.29) is 17.8 Å². The second-order valence-corrected chi connectivity index (χ2v) is 4.77. The first-order valence-corrected chi connectivity index (χ1v) is 6.49. The first kappa shape index (κ1) is 13.6. The smallest absolute Gasteiger partial charge is 0.219 e. The maximum Gasteiger partial charge on any atom is 0.219 e.